The first-order valence-corrected chi connectivity index (χ1v) is 8.90. The summed E-state index contributed by atoms with van der Waals surface area (Å²) in [5, 5.41) is 5.59. The molecule has 9 heteroatoms. The van der Waals surface area contributed by atoms with Gasteiger partial charge in [-0.3, -0.25) is 9.59 Å². The van der Waals surface area contributed by atoms with E-state index in [-0.39, 0.29) is 17.4 Å². The molecule has 29 heavy (non-hydrogen) atoms. The lowest BCUT2D eigenvalue weighted by atomic mass is 10.0. The van der Waals surface area contributed by atoms with E-state index in [1.807, 2.05) is 18.0 Å². The molecule has 6 nitrogen and oxygen atoms in total. The third-order valence-corrected chi connectivity index (χ3v) is 4.13. The van der Waals surface area contributed by atoms with Crippen molar-refractivity contribution in [1.29, 1.82) is 0 Å². The lowest BCUT2D eigenvalue weighted by Crippen LogP contribution is -2.39. The van der Waals surface area contributed by atoms with Gasteiger partial charge in [-0.1, -0.05) is 26.0 Å². The first kappa shape index (κ1) is 22.1. The zero-order chi connectivity index (χ0) is 21.8. The monoisotopic (exact) mass is 409 g/mol. The van der Waals surface area contributed by atoms with Gasteiger partial charge in [0.2, 0.25) is 5.91 Å². The third kappa shape index (κ3) is 6.45. The van der Waals surface area contributed by atoms with Crippen LogP contribution in [0.3, 0.4) is 0 Å². The lowest BCUT2D eigenvalue weighted by molar-refractivity contribution is -0.274. The van der Waals surface area contributed by atoms with Gasteiger partial charge in [0.1, 0.15) is 5.82 Å². The van der Waals surface area contributed by atoms with E-state index in [1.165, 1.54) is 6.07 Å². The minimum Gasteiger partial charge on any atom is -0.397 e. The Bertz CT molecular complexity index is 815. The Hall–Kier alpha value is -3.15. The van der Waals surface area contributed by atoms with Gasteiger partial charge >= 0.3 is 6.36 Å². The van der Waals surface area contributed by atoms with Gasteiger partial charge in [-0.25, -0.2) is 0 Å². The predicted octanol–water partition coefficient (Wildman–Crippen LogP) is 2.79. The van der Waals surface area contributed by atoms with E-state index in [1.54, 1.807) is 26.8 Å². The first-order chi connectivity index (χ1) is 13.5. The van der Waals surface area contributed by atoms with Crippen molar-refractivity contribution in [2.24, 2.45) is 5.92 Å². The highest BCUT2D eigenvalue weighted by Crippen LogP contribution is 2.21. The highest BCUT2D eigenvalue weighted by molar-refractivity contribution is 5.94. The maximum absolute atomic E-state index is 12.4. The van der Waals surface area contributed by atoms with Crippen LogP contribution in [0, 0.1) is 18.1 Å². The number of alkyl halides is 3. The summed E-state index contributed by atoms with van der Waals surface area (Å²) < 4.78 is 40.3. The fraction of sp³-hybridized carbons (Fsp3) is 0.400. The average molecular weight is 409 g/mol. The van der Waals surface area contributed by atoms with Crippen LogP contribution in [0.2, 0.25) is 0 Å². The molecular formula is C20H22F3N3O3. The molecule has 1 aromatic rings. The van der Waals surface area contributed by atoms with Gasteiger partial charge in [0.15, 0.2) is 5.75 Å². The van der Waals surface area contributed by atoms with Crippen molar-refractivity contribution >= 4 is 11.8 Å². The number of nitrogens with one attached hydrogen (secondary N) is 2. The summed E-state index contributed by atoms with van der Waals surface area (Å²) in [5.74, 6) is -0.767. The number of hydrogen-bond acceptors (Lipinski definition) is 4. The van der Waals surface area contributed by atoms with Gasteiger partial charge in [-0.15, -0.1) is 13.2 Å². The average Bonchev–Trinajstić information content (AvgIpc) is 2.62. The summed E-state index contributed by atoms with van der Waals surface area (Å²) in [6.45, 7) is 5.88. The Morgan fingerprint density at radius 2 is 1.90 bits per heavy atom. The Morgan fingerprint density at radius 1 is 1.21 bits per heavy atom. The molecular weight excluding hydrogens is 387 g/mol. The smallest absolute Gasteiger partial charge is 0.397 e. The molecule has 1 aromatic carbocycles. The molecule has 0 bridgehead atoms. The molecule has 0 aromatic heterocycles. The lowest BCUT2D eigenvalue weighted by Gasteiger charge is -2.28. The molecule has 0 fully saturated rings. The van der Waals surface area contributed by atoms with Crippen LogP contribution in [-0.4, -0.2) is 42.7 Å². The molecule has 0 saturated carbocycles. The highest BCUT2D eigenvalue weighted by Gasteiger charge is 2.31. The Balaban J connectivity index is 2.03. The molecule has 0 spiro atoms. The minimum absolute atomic E-state index is 0.0252. The van der Waals surface area contributed by atoms with Crippen LogP contribution >= 0.6 is 0 Å². The molecule has 1 atom stereocenters. The van der Waals surface area contributed by atoms with Gasteiger partial charge in [-0.05, 0) is 36.8 Å². The normalized spacial score (nSPS) is 15.1. The van der Waals surface area contributed by atoms with Crippen molar-refractivity contribution in [2.75, 3.05) is 13.6 Å². The molecule has 0 saturated heterocycles. The van der Waals surface area contributed by atoms with E-state index >= 15 is 0 Å². The highest BCUT2D eigenvalue weighted by atomic mass is 19.4. The quantitative estimate of drug-likeness (QED) is 0.758. The number of halogens is 3. The topological polar surface area (TPSA) is 70.7 Å². The zero-order valence-corrected chi connectivity index (χ0v) is 16.5. The fourth-order valence-electron chi connectivity index (χ4n) is 2.42. The number of likely N-dealkylation sites (N-methyl/N-ethyl adjacent to an activating group) is 1. The summed E-state index contributed by atoms with van der Waals surface area (Å²) >= 11 is 0. The van der Waals surface area contributed by atoms with Gasteiger partial charge < -0.3 is 20.3 Å². The van der Waals surface area contributed by atoms with Crippen LogP contribution in [0.15, 0.2) is 35.7 Å². The van der Waals surface area contributed by atoms with Crippen molar-refractivity contribution in [2.45, 2.75) is 33.2 Å². The van der Waals surface area contributed by atoms with E-state index in [0.717, 1.165) is 11.6 Å². The van der Waals surface area contributed by atoms with Crippen LogP contribution < -0.4 is 15.4 Å². The summed E-state index contributed by atoms with van der Waals surface area (Å²) in [4.78, 5) is 26.2. The fourth-order valence-corrected chi connectivity index (χ4v) is 2.42. The van der Waals surface area contributed by atoms with Crippen LogP contribution in [0.1, 0.15) is 31.1 Å². The maximum atomic E-state index is 12.4. The molecule has 1 unspecified atom stereocenters. The number of carbonyl (C=O) groups excluding carboxylic acids is 2. The summed E-state index contributed by atoms with van der Waals surface area (Å²) in [7, 11) is 1.83. The molecule has 1 aliphatic rings. The number of amides is 2. The molecule has 156 valence electrons. The second-order valence-corrected chi connectivity index (χ2v) is 6.86. The van der Waals surface area contributed by atoms with Crippen LogP contribution in [0.5, 0.6) is 5.75 Å². The molecule has 1 heterocycles. The first-order valence-electron chi connectivity index (χ1n) is 8.90. The van der Waals surface area contributed by atoms with Crippen molar-refractivity contribution in [3.8, 4) is 5.75 Å². The van der Waals surface area contributed by atoms with Gasteiger partial charge in [-0.2, -0.15) is 0 Å². The summed E-state index contributed by atoms with van der Waals surface area (Å²) in [6, 6.07) is 6.29. The second-order valence-electron chi connectivity index (χ2n) is 6.86. The third-order valence-electron chi connectivity index (χ3n) is 4.13. The molecule has 2 amide bonds. The number of rotatable bonds is 6. The van der Waals surface area contributed by atoms with E-state index < -0.39 is 24.1 Å². The molecule has 2 rings (SSSR count). The molecule has 1 aliphatic heterocycles. The number of carbonyl (C=O) groups is 2. The predicted molar refractivity (Wildman–Crippen MR) is 99.5 cm³/mol. The standard InChI is InChI=1S/C20H22F3N3O3/c1-12(2)18(27)25-17-11-15(9-10-26(17)4)13(3)24-19(28)14-5-7-16(8-6-14)29-20(21,22)23/h5,7,9,11-13H,10H2,1-4H3,(H,24,28)(H,25,27). The van der Waals surface area contributed by atoms with Crippen molar-refractivity contribution < 1.29 is 27.5 Å². The second kappa shape index (κ2) is 8.90. The van der Waals surface area contributed by atoms with Crippen molar-refractivity contribution in [3.63, 3.8) is 0 Å². The van der Waals surface area contributed by atoms with E-state index in [2.05, 4.69) is 27.5 Å². The van der Waals surface area contributed by atoms with Crippen LogP contribution in [0.25, 0.3) is 0 Å². The maximum Gasteiger partial charge on any atom is 0.573 e. The van der Waals surface area contributed by atoms with Crippen LogP contribution in [0.4, 0.5) is 13.2 Å². The SMILES string of the molecule is CC(C)C(=O)NC1=CC(C(C)NC(=O)c2c#cc(OC(F)(F)F)cc2)=CCN1C. The van der Waals surface area contributed by atoms with E-state index in [0.29, 0.717) is 12.4 Å². The van der Waals surface area contributed by atoms with E-state index in [4.69, 9.17) is 0 Å². The Labute approximate surface area is 167 Å². The van der Waals surface area contributed by atoms with Crippen molar-refractivity contribution in [1.82, 2.24) is 15.5 Å². The van der Waals surface area contributed by atoms with Gasteiger partial charge in [0.25, 0.3) is 5.91 Å². The molecule has 0 radical (unpaired) electrons. The number of nitrogens with zero attached hydrogens (tertiary/aromatic N) is 1. The van der Waals surface area contributed by atoms with Gasteiger partial charge in [0, 0.05) is 19.5 Å². The summed E-state index contributed by atoms with van der Waals surface area (Å²) in [5.41, 5.74) is 0.814. The van der Waals surface area contributed by atoms with Crippen molar-refractivity contribution in [3.05, 3.63) is 53.4 Å². The Kier molecular flexibility index (Phi) is 6.80. The molecule has 2 N–H and O–H groups in total. The van der Waals surface area contributed by atoms with Crippen LogP contribution in [-0.2, 0) is 4.79 Å². The zero-order valence-electron chi connectivity index (χ0n) is 16.5. The Morgan fingerprint density at radius 3 is 2.45 bits per heavy atom. The largest absolute Gasteiger partial charge is 0.573 e. The minimum atomic E-state index is -4.84. The molecule has 0 aliphatic carbocycles. The van der Waals surface area contributed by atoms with Gasteiger partial charge in [0.05, 0.1) is 11.6 Å². The summed E-state index contributed by atoms with van der Waals surface area (Å²) in [6.07, 6.45) is -1.16. The number of hydrogen-bond donors (Lipinski definition) is 2. The number of ether oxygens (including phenoxy) is 1. The van der Waals surface area contributed by atoms with E-state index in [9.17, 15) is 22.8 Å².